The van der Waals surface area contributed by atoms with Crippen LogP contribution in [0.5, 0.6) is 0 Å². The molecule has 0 bridgehead atoms. The van der Waals surface area contributed by atoms with Gasteiger partial charge >= 0.3 is 0 Å². The second kappa shape index (κ2) is 4.80. The van der Waals surface area contributed by atoms with Crippen LogP contribution >= 0.6 is 11.6 Å². The van der Waals surface area contributed by atoms with Crippen molar-refractivity contribution in [3.8, 4) is 11.1 Å². The van der Waals surface area contributed by atoms with Crippen molar-refractivity contribution in [3.05, 3.63) is 58.8 Å². The smallest absolute Gasteiger partial charge is 0.195 e. The van der Waals surface area contributed by atoms with E-state index in [4.69, 9.17) is 16.0 Å². The van der Waals surface area contributed by atoms with Gasteiger partial charge in [-0.2, -0.15) is 0 Å². The molecule has 1 heterocycles. The fourth-order valence-electron chi connectivity index (χ4n) is 2.38. The Morgan fingerprint density at radius 2 is 1.70 bits per heavy atom. The maximum Gasteiger partial charge on any atom is 0.195 e. The lowest BCUT2D eigenvalue weighted by Gasteiger charge is -2.01. The standard InChI is InChI=1S/C17H13ClO2/c1-10-15-8-5-13(12-3-6-14(18)7-4-12)9-16(15)20-17(10)11(2)19/h3-9H,1-2H3. The molecule has 0 radical (unpaired) electrons. The number of fused-ring (bicyclic) bond motifs is 1. The first-order chi connectivity index (χ1) is 9.56. The molecule has 0 N–H and O–H groups in total. The third-order valence-electron chi connectivity index (χ3n) is 3.44. The summed E-state index contributed by atoms with van der Waals surface area (Å²) in [6.07, 6.45) is 0. The lowest BCUT2D eigenvalue weighted by molar-refractivity contribution is 0.0988. The van der Waals surface area contributed by atoms with Crippen molar-refractivity contribution in [2.24, 2.45) is 0 Å². The molecule has 0 amide bonds. The largest absolute Gasteiger partial charge is 0.453 e. The number of ketones is 1. The summed E-state index contributed by atoms with van der Waals surface area (Å²) in [6, 6.07) is 13.6. The fourth-order valence-corrected chi connectivity index (χ4v) is 2.51. The molecule has 3 aromatic rings. The number of hydrogen-bond donors (Lipinski definition) is 0. The molecule has 0 aliphatic carbocycles. The van der Waals surface area contributed by atoms with Crippen LogP contribution in [0.1, 0.15) is 23.0 Å². The summed E-state index contributed by atoms with van der Waals surface area (Å²) >= 11 is 5.90. The maximum absolute atomic E-state index is 11.5. The van der Waals surface area contributed by atoms with E-state index >= 15 is 0 Å². The van der Waals surface area contributed by atoms with E-state index in [0.717, 1.165) is 27.7 Å². The Labute approximate surface area is 122 Å². The Hall–Kier alpha value is -2.06. The van der Waals surface area contributed by atoms with Crippen molar-refractivity contribution in [2.75, 3.05) is 0 Å². The summed E-state index contributed by atoms with van der Waals surface area (Å²) in [5.41, 5.74) is 3.74. The van der Waals surface area contributed by atoms with Crippen LogP contribution in [-0.4, -0.2) is 5.78 Å². The van der Waals surface area contributed by atoms with Crippen molar-refractivity contribution in [2.45, 2.75) is 13.8 Å². The minimum Gasteiger partial charge on any atom is -0.453 e. The highest BCUT2D eigenvalue weighted by atomic mass is 35.5. The SMILES string of the molecule is CC(=O)c1oc2cc(-c3ccc(Cl)cc3)ccc2c1C. The molecule has 2 aromatic carbocycles. The summed E-state index contributed by atoms with van der Waals surface area (Å²) in [5.74, 6) is 0.389. The highest BCUT2D eigenvalue weighted by molar-refractivity contribution is 6.30. The van der Waals surface area contributed by atoms with Gasteiger partial charge in [-0.15, -0.1) is 0 Å². The monoisotopic (exact) mass is 284 g/mol. The number of benzene rings is 2. The normalized spacial score (nSPS) is 10.9. The van der Waals surface area contributed by atoms with Crippen LogP contribution in [-0.2, 0) is 0 Å². The minimum absolute atomic E-state index is 0.0493. The van der Waals surface area contributed by atoms with E-state index in [1.54, 1.807) is 0 Å². The molecule has 0 aliphatic heterocycles. The lowest BCUT2D eigenvalue weighted by Crippen LogP contribution is -1.90. The van der Waals surface area contributed by atoms with Crippen LogP contribution in [0.2, 0.25) is 5.02 Å². The molecular formula is C17H13ClO2. The van der Waals surface area contributed by atoms with Gasteiger partial charge in [-0.05, 0) is 36.2 Å². The zero-order chi connectivity index (χ0) is 14.3. The number of carbonyl (C=O) groups excluding carboxylic acids is 1. The van der Waals surface area contributed by atoms with Gasteiger partial charge in [0.1, 0.15) is 5.58 Å². The van der Waals surface area contributed by atoms with Crippen molar-refractivity contribution in [3.63, 3.8) is 0 Å². The Morgan fingerprint density at radius 3 is 2.35 bits per heavy atom. The molecule has 2 nitrogen and oxygen atoms in total. The zero-order valence-electron chi connectivity index (χ0n) is 11.2. The maximum atomic E-state index is 11.5. The summed E-state index contributed by atoms with van der Waals surface area (Å²) in [5, 5.41) is 1.69. The number of carbonyl (C=O) groups is 1. The Balaban J connectivity index is 2.15. The van der Waals surface area contributed by atoms with E-state index in [0.29, 0.717) is 10.8 Å². The van der Waals surface area contributed by atoms with Crippen LogP contribution in [0.25, 0.3) is 22.1 Å². The highest BCUT2D eigenvalue weighted by Crippen LogP contribution is 2.30. The van der Waals surface area contributed by atoms with Crippen LogP contribution in [0.3, 0.4) is 0 Å². The summed E-state index contributed by atoms with van der Waals surface area (Å²) in [7, 11) is 0. The van der Waals surface area contributed by atoms with E-state index in [9.17, 15) is 4.79 Å². The average molecular weight is 285 g/mol. The Morgan fingerprint density at radius 1 is 1.05 bits per heavy atom. The fraction of sp³-hybridized carbons (Fsp3) is 0.118. The van der Waals surface area contributed by atoms with Crippen molar-refractivity contribution >= 4 is 28.4 Å². The van der Waals surface area contributed by atoms with Crippen LogP contribution < -0.4 is 0 Å². The second-order valence-electron chi connectivity index (χ2n) is 4.83. The van der Waals surface area contributed by atoms with E-state index in [1.807, 2.05) is 49.4 Å². The molecule has 1 aromatic heterocycles. The Bertz CT molecular complexity index is 798. The lowest BCUT2D eigenvalue weighted by atomic mass is 10.0. The zero-order valence-corrected chi connectivity index (χ0v) is 12.0. The third kappa shape index (κ3) is 2.12. The molecule has 20 heavy (non-hydrogen) atoms. The van der Waals surface area contributed by atoms with Crippen molar-refractivity contribution in [1.82, 2.24) is 0 Å². The summed E-state index contributed by atoms with van der Waals surface area (Å²) in [4.78, 5) is 11.5. The average Bonchev–Trinajstić information content (AvgIpc) is 2.77. The first kappa shape index (κ1) is 12.9. The van der Waals surface area contributed by atoms with Gasteiger partial charge in [-0.25, -0.2) is 0 Å². The molecule has 100 valence electrons. The van der Waals surface area contributed by atoms with Gasteiger partial charge < -0.3 is 4.42 Å². The molecule has 3 heteroatoms. The van der Waals surface area contributed by atoms with Gasteiger partial charge in [-0.3, -0.25) is 4.79 Å². The first-order valence-electron chi connectivity index (χ1n) is 6.36. The second-order valence-corrected chi connectivity index (χ2v) is 5.27. The molecule has 0 saturated carbocycles. The van der Waals surface area contributed by atoms with Gasteiger partial charge in [0.2, 0.25) is 0 Å². The number of hydrogen-bond acceptors (Lipinski definition) is 2. The molecule has 0 spiro atoms. The molecule has 3 rings (SSSR count). The van der Waals surface area contributed by atoms with Crippen molar-refractivity contribution in [1.29, 1.82) is 0 Å². The van der Waals surface area contributed by atoms with E-state index < -0.39 is 0 Å². The molecule has 0 aliphatic rings. The number of Topliss-reactive ketones (excluding diaryl/α,β-unsaturated/α-hetero) is 1. The predicted molar refractivity (Wildman–Crippen MR) is 81.4 cm³/mol. The van der Waals surface area contributed by atoms with Crippen LogP contribution in [0.15, 0.2) is 46.9 Å². The number of aryl methyl sites for hydroxylation is 1. The van der Waals surface area contributed by atoms with Gasteiger partial charge in [0.05, 0.1) is 0 Å². The quantitative estimate of drug-likeness (QED) is 0.601. The number of halogens is 1. The number of rotatable bonds is 2. The first-order valence-corrected chi connectivity index (χ1v) is 6.74. The van der Waals surface area contributed by atoms with Crippen molar-refractivity contribution < 1.29 is 9.21 Å². The van der Waals surface area contributed by atoms with Crippen LogP contribution in [0.4, 0.5) is 0 Å². The van der Waals surface area contributed by atoms with Gasteiger partial charge in [0, 0.05) is 22.9 Å². The van der Waals surface area contributed by atoms with Gasteiger partial charge in [0.15, 0.2) is 11.5 Å². The Kier molecular flexibility index (Phi) is 3.11. The predicted octanol–water partition coefficient (Wildman–Crippen LogP) is 5.26. The summed E-state index contributed by atoms with van der Waals surface area (Å²) < 4.78 is 5.67. The molecule has 0 atom stereocenters. The van der Waals surface area contributed by atoms with Crippen LogP contribution in [0, 0.1) is 6.92 Å². The molecule has 0 fully saturated rings. The number of furan rings is 1. The molecule has 0 saturated heterocycles. The van der Waals surface area contributed by atoms with Gasteiger partial charge in [-0.1, -0.05) is 35.9 Å². The van der Waals surface area contributed by atoms with Gasteiger partial charge in [0.25, 0.3) is 0 Å². The summed E-state index contributed by atoms with van der Waals surface area (Å²) in [6.45, 7) is 3.43. The molecular weight excluding hydrogens is 272 g/mol. The molecule has 0 unspecified atom stereocenters. The topological polar surface area (TPSA) is 30.2 Å². The van der Waals surface area contributed by atoms with E-state index in [-0.39, 0.29) is 5.78 Å². The highest BCUT2D eigenvalue weighted by Gasteiger charge is 2.14. The minimum atomic E-state index is -0.0493. The van der Waals surface area contributed by atoms with E-state index in [2.05, 4.69) is 0 Å². The third-order valence-corrected chi connectivity index (χ3v) is 3.69. The van der Waals surface area contributed by atoms with E-state index in [1.165, 1.54) is 6.92 Å².